The first-order valence-electron chi connectivity index (χ1n) is 12.3. The number of hydrogen-bond acceptors (Lipinski definition) is 10. The van der Waals surface area contributed by atoms with Crippen LogP contribution in [0.2, 0.25) is 10.0 Å². The SMILES string of the molecule is COc1ccccc1C(=O)NS(=O)(=O)c1cc(Cl)ccc1N=Nc1ccc(Cl)cc1S(=O)(=O)NC(=O)c1ccccc1OC. The van der Waals surface area contributed by atoms with Crippen LogP contribution in [0.15, 0.2) is 105 Å². The van der Waals surface area contributed by atoms with Crippen LogP contribution in [0.3, 0.4) is 0 Å². The van der Waals surface area contributed by atoms with Crippen LogP contribution in [0.5, 0.6) is 11.5 Å². The molecule has 16 heteroatoms. The molecule has 0 radical (unpaired) electrons. The number of rotatable bonds is 10. The molecule has 0 atom stereocenters. The topological polar surface area (TPSA) is 170 Å². The monoisotopic (exact) mass is 676 g/mol. The van der Waals surface area contributed by atoms with Gasteiger partial charge in [-0.1, -0.05) is 47.5 Å². The van der Waals surface area contributed by atoms with Gasteiger partial charge in [-0.15, -0.1) is 10.2 Å². The smallest absolute Gasteiger partial charge is 0.268 e. The summed E-state index contributed by atoms with van der Waals surface area (Å²) in [5, 5.41) is 7.88. The third kappa shape index (κ3) is 7.34. The highest BCUT2D eigenvalue weighted by Gasteiger charge is 2.26. The van der Waals surface area contributed by atoms with Crippen LogP contribution in [0.25, 0.3) is 0 Å². The number of carbonyl (C=O) groups excluding carboxylic acids is 2. The Morgan fingerprint density at radius 3 is 1.34 bits per heavy atom. The maximum atomic E-state index is 13.3. The molecule has 0 aromatic heterocycles. The van der Waals surface area contributed by atoms with E-state index in [9.17, 15) is 26.4 Å². The summed E-state index contributed by atoms with van der Waals surface area (Å²) in [5.74, 6) is -1.69. The zero-order valence-electron chi connectivity index (χ0n) is 22.8. The molecule has 0 saturated carbocycles. The summed E-state index contributed by atoms with van der Waals surface area (Å²) in [4.78, 5) is 24.6. The van der Waals surface area contributed by atoms with Gasteiger partial charge in [-0.2, -0.15) is 0 Å². The molecule has 228 valence electrons. The van der Waals surface area contributed by atoms with Crippen LogP contribution in [-0.2, 0) is 20.0 Å². The van der Waals surface area contributed by atoms with E-state index in [0.29, 0.717) is 0 Å². The number of sulfonamides is 2. The fourth-order valence-corrected chi connectivity index (χ4v) is 6.54. The number of amides is 2. The highest BCUT2D eigenvalue weighted by molar-refractivity contribution is 7.90. The predicted octanol–water partition coefficient (Wildman–Crippen LogP) is 5.66. The second kappa shape index (κ2) is 13.4. The van der Waals surface area contributed by atoms with Crippen molar-refractivity contribution in [2.24, 2.45) is 10.2 Å². The molecule has 2 N–H and O–H groups in total. The minimum atomic E-state index is -4.59. The number of benzene rings is 4. The highest BCUT2D eigenvalue weighted by Crippen LogP contribution is 2.33. The number of nitrogens with one attached hydrogen (secondary N) is 2. The molecule has 0 fully saturated rings. The van der Waals surface area contributed by atoms with Crippen LogP contribution in [0, 0.1) is 0 Å². The largest absolute Gasteiger partial charge is 0.496 e. The second-order valence-corrected chi connectivity index (χ2v) is 12.9. The molecule has 12 nitrogen and oxygen atoms in total. The van der Waals surface area contributed by atoms with E-state index in [2.05, 4.69) is 10.2 Å². The van der Waals surface area contributed by atoms with E-state index >= 15 is 0 Å². The van der Waals surface area contributed by atoms with Crippen molar-refractivity contribution in [3.05, 3.63) is 106 Å². The van der Waals surface area contributed by atoms with E-state index in [-0.39, 0.29) is 44.0 Å². The van der Waals surface area contributed by atoms with Crippen LogP contribution < -0.4 is 18.9 Å². The molecule has 4 rings (SSSR count). The Balaban J connectivity index is 1.69. The molecule has 4 aromatic carbocycles. The highest BCUT2D eigenvalue weighted by atomic mass is 35.5. The predicted molar refractivity (Wildman–Crippen MR) is 162 cm³/mol. The normalized spacial score (nSPS) is 11.6. The summed E-state index contributed by atoms with van der Waals surface area (Å²) >= 11 is 12.1. The van der Waals surface area contributed by atoms with Crippen molar-refractivity contribution in [1.29, 1.82) is 0 Å². The quantitative estimate of drug-likeness (QED) is 0.203. The molecule has 0 aliphatic rings. The lowest BCUT2D eigenvalue weighted by Crippen LogP contribution is -2.31. The van der Waals surface area contributed by atoms with Gasteiger partial charge in [0.15, 0.2) is 0 Å². The van der Waals surface area contributed by atoms with Crippen LogP contribution in [-0.4, -0.2) is 42.9 Å². The zero-order valence-corrected chi connectivity index (χ0v) is 26.0. The molecule has 0 bridgehead atoms. The van der Waals surface area contributed by atoms with Crippen molar-refractivity contribution in [3.8, 4) is 11.5 Å². The van der Waals surface area contributed by atoms with Crippen molar-refractivity contribution in [3.63, 3.8) is 0 Å². The molecule has 2 amide bonds. The van der Waals surface area contributed by atoms with Crippen molar-refractivity contribution in [2.45, 2.75) is 9.79 Å². The van der Waals surface area contributed by atoms with Gasteiger partial charge in [0.1, 0.15) is 32.7 Å². The summed E-state index contributed by atoms with van der Waals surface area (Å²) in [6, 6.07) is 19.1. The third-order valence-corrected chi connectivity index (χ3v) is 9.04. The van der Waals surface area contributed by atoms with Gasteiger partial charge in [0.05, 0.1) is 25.3 Å². The Labute approximate surface area is 262 Å². The summed E-state index contributed by atoms with van der Waals surface area (Å²) < 4.78 is 67.2. The fourth-order valence-electron chi connectivity index (χ4n) is 3.81. The molecule has 0 unspecified atom stereocenters. The summed E-state index contributed by atoms with van der Waals surface area (Å²) in [7, 11) is -6.53. The Morgan fingerprint density at radius 2 is 0.977 bits per heavy atom. The summed E-state index contributed by atoms with van der Waals surface area (Å²) in [6.45, 7) is 0. The molecule has 0 aliphatic carbocycles. The molecular weight excluding hydrogens is 655 g/mol. The van der Waals surface area contributed by atoms with E-state index < -0.39 is 41.7 Å². The Kier molecular flexibility index (Phi) is 9.89. The summed E-state index contributed by atoms with van der Waals surface area (Å²) in [6.07, 6.45) is 0. The van der Waals surface area contributed by atoms with Gasteiger partial charge in [0, 0.05) is 10.0 Å². The average molecular weight is 678 g/mol. The second-order valence-electron chi connectivity index (χ2n) is 8.69. The van der Waals surface area contributed by atoms with E-state index in [1.165, 1.54) is 74.9 Å². The van der Waals surface area contributed by atoms with Gasteiger partial charge in [-0.3, -0.25) is 9.59 Å². The van der Waals surface area contributed by atoms with E-state index in [1.54, 1.807) is 12.1 Å². The fraction of sp³-hybridized carbons (Fsp3) is 0.0714. The van der Waals surface area contributed by atoms with E-state index in [1.807, 2.05) is 9.44 Å². The van der Waals surface area contributed by atoms with Gasteiger partial charge in [-0.05, 0) is 60.7 Å². The van der Waals surface area contributed by atoms with Crippen molar-refractivity contribution < 1.29 is 35.9 Å². The first kappa shape index (κ1) is 32.4. The van der Waals surface area contributed by atoms with Gasteiger partial charge in [0.2, 0.25) is 0 Å². The molecule has 0 aliphatic heterocycles. The lowest BCUT2D eigenvalue weighted by Gasteiger charge is -2.12. The van der Waals surface area contributed by atoms with E-state index in [4.69, 9.17) is 32.7 Å². The van der Waals surface area contributed by atoms with Crippen molar-refractivity contribution in [1.82, 2.24) is 9.44 Å². The maximum absolute atomic E-state index is 13.3. The van der Waals surface area contributed by atoms with Crippen LogP contribution >= 0.6 is 23.2 Å². The molecule has 0 saturated heterocycles. The number of methoxy groups -OCH3 is 2. The van der Waals surface area contributed by atoms with Gasteiger partial charge >= 0.3 is 0 Å². The standard InChI is InChI=1S/C28H22Cl2N4O8S2/c1-41-23-9-5-3-7-19(23)27(35)33-43(37,38)25-15-17(29)11-13-21(25)31-32-22-14-12-18(30)16-26(22)44(39,40)34-28(36)20-8-4-6-10-24(20)42-2/h3-16H,1-2H3,(H,33,35)(H,34,36). The van der Waals surface area contributed by atoms with Crippen molar-refractivity contribution in [2.75, 3.05) is 14.2 Å². The molecule has 0 heterocycles. The van der Waals surface area contributed by atoms with Gasteiger partial charge in [0.25, 0.3) is 31.9 Å². The lowest BCUT2D eigenvalue weighted by molar-refractivity contribution is 0.0969. The van der Waals surface area contributed by atoms with Gasteiger partial charge in [-0.25, -0.2) is 26.3 Å². The number of nitrogens with zero attached hydrogens (tertiary/aromatic N) is 2. The lowest BCUT2D eigenvalue weighted by atomic mass is 10.2. The number of azo groups is 1. The minimum absolute atomic E-state index is 0.00266. The number of para-hydroxylation sites is 2. The van der Waals surface area contributed by atoms with Crippen molar-refractivity contribution >= 4 is 66.4 Å². The molecule has 4 aromatic rings. The average Bonchev–Trinajstić information content (AvgIpc) is 3.00. The molecule has 0 spiro atoms. The number of halogens is 2. The van der Waals surface area contributed by atoms with E-state index in [0.717, 1.165) is 12.1 Å². The number of ether oxygens (including phenoxy) is 2. The number of carbonyl (C=O) groups is 2. The van der Waals surface area contributed by atoms with Crippen LogP contribution in [0.4, 0.5) is 11.4 Å². The Morgan fingerprint density at radius 1 is 0.614 bits per heavy atom. The summed E-state index contributed by atoms with van der Waals surface area (Å²) in [5.41, 5.74) is -0.665. The first-order valence-corrected chi connectivity index (χ1v) is 16.0. The molecule has 44 heavy (non-hydrogen) atoms. The maximum Gasteiger partial charge on any atom is 0.268 e. The van der Waals surface area contributed by atoms with Crippen LogP contribution in [0.1, 0.15) is 20.7 Å². The third-order valence-electron chi connectivity index (χ3n) is 5.85. The minimum Gasteiger partial charge on any atom is -0.496 e. The van der Waals surface area contributed by atoms with Gasteiger partial charge < -0.3 is 9.47 Å². The number of hydrogen-bond donors (Lipinski definition) is 2. The molecular formula is C28H22Cl2N4O8S2. The zero-order chi connectivity index (χ0) is 32.1. The Bertz CT molecular complexity index is 1860. The Hall–Kier alpha value is -4.50. The first-order chi connectivity index (χ1) is 20.9.